The maximum Gasteiger partial charge on any atom is 0.129 e. The zero-order valence-electron chi connectivity index (χ0n) is 12.6. The van der Waals surface area contributed by atoms with Gasteiger partial charge in [0.15, 0.2) is 0 Å². The van der Waals surface area contributed by atoms with E-state index in [1.54, 1.807) is 6.07 Å². The zero-order valence-corrected chi connectivity index (χ0v) is 14.2. The molecular weight excluding hydrogens is 317 g/mol. The Morgan fingerprint density at radius 2 is 2.05 bits per heavy atom. The topological polar surface area (TPSA) is 12.0 Å². The van der Waals surface area contributed by atoms with Crippen LogP contribution in [0.3, 0.4) is 0 Å². The Bertz CT molecular complexity index is 449. The fraction of sp³-hybridized carbons (Fsp3) is 0.647. The van der Waals surface area contributed by atoms with Crippen molar-refractivity contribution in [3.8, 4) is 0 Å². The average Bonchev–Trinajstić information content (AvgIpc) is 2.40. The molecule has 1 nitrogen and oxygen atoms in total. The van der Waals surface area contributed by atoms with Crippen molar-refractivity contribution in [1.82, 2.24) is 5.32 Å². The third kappa shape index (κ3) is 3.62. The van der Waals surface area contributed by atoms with Crippen LogP contribution < -0.4 is 5.32 Å². The highest BCUT2D eigenvalue weighted by atomic mass is 79.9. The monoisotopic (exact) mass is 341 g/mol. The van der Waals surface area contributed by atoms with E-state index in [1.165, 1.54) is 19.3 Å². The lowest BCUT2D eigenvalue weighted by Gasteiger charge is -2.37. The van der Waals surface area contributed by atoms with Crippen LogP contribution in [0.4, 0.5) is 4.39 Å². The maximum atomic E-state index is 14.3. The normalized spacial score (nSPS) is 28.4. The summed E-state index contributed by atoms with van der Waals surface area (Å²) < 4.78 is 15.1. The number of rotatable bonds is 4. The van der Waals surface area contributed by atoms with Crippen LogP contribution in [0.2, 0.25) is 0 Å². The highest BCUT2D eigenvalue weighted by Crippen LogP contribution is 2.40. The highest BCUT2D eigenvalue weighted by molar-refractivity contribution is 9.10. The summed E-state index contributed by atoms with van der Waals surface area (Å²) >= 11 is 3.34. The molecule has 4 atom stereocenters. The molecule has 0 heterocycles. The molecular formula is C17H25BrFN. The highest BCUT2D eigenvalue weighted by Gasteiger charge is 2.31. The summed E-state index contributed by atoms with van der Waals surface area (Å²) in [5.74, 6) is 1.96. The van der Waals surface area contributed by atoms with Gasteiger partial charge in [0.25, 0.3) is 0 Å². The van der Waals surface area contributed by atoms with E-state index in [4.69, 9.17) is 0 Å². The van der Waals surface area contributed by atoms with E-state index < -0.39 is 0 Å². The lowest BCUT2D eigenvalue weighted by molar-refractivity contribution is 0.170. The summed E-state index contributed by atoms with van der Waals surface area (Å²) in [6.07, 6.45) is 3.64. The van der Waals surface area contributed by atoms with Gasteiger partial charge < -0.3 is 5.32 Å². The van der Waals surface area contributed by atoms with E-state index in [9.17, 15) is 4.39 Å². The third-order valence-corrected chi connectivity index (χ3v) is 5.32. The van der Waals surface area contributed by atoms with Crippen molar-refractivity contribution >= 4 is 15.9 Å². The molecule has 1 aromatic carbocycles. The lowest BCUT2D eigenvalue weighted by atomic mass is 9.72. The molecule has 3 heteroatoms. The van der Waals surface area contributed by atoms with Crippen molar-refractivity contribution in [3.63, 3.8) is 0 Å². The largest absolute Gasteiger partial charge is 0.310 e. The first kappa shape index (κ1) is 16.0. The Balaban J connectivity index is 2.22. The van der Waals surface area contributed by atoms with Gasteiger partial charge in [-0.15, -0.1) is 0 Å². The molecule has 1 aliphatic rings. The van der Waals surface area contributed by atoms with Crippen LogP contribution in [0, 0.1) is 23.6 Å². The Labute approximate surface area is 130 Å². The van der Waals surface area contributed by atoms with Gasteiger partial charge in [-0.3, -0.25) is 0 Å². The first-order valence-electron chi connectivity index (χ1n) is 7.71. The van der Waals surface area contributed by atoms with Crippen LogP contribution in [-0.2, 0) is 0 Å². The van der Waals surface area contributed by atoms with Crippen molar-refractivity contribution < 1.29 is 4.39 Å². The Kier molecular flexibility index (Phi) is 5.62. The molecule has 4 unspecified atom stereocenters. The summed E-state index contributed by atoms with van der Waals surface area (Å²) in [4.78, 5) is 0. The fourth-order valence-corrected chi connectivity index (χ4v) is 3.73. The Morgan fingerprint density at radius 3 is 2.65 bits per heavy atom. The van der Waals surface area contributed by atoms with Gasteiger partial charge in [-0.05, 0) is 49.3 Å². The smallest absolute Gasteiger partial charge is 0.129 e. The van der Waals surface area contributed by atoms with E-state index >= 15 is 0 Å². The van der Waals surface area contributed by atoms with E-state index in [0.717, 1.165) is 28.4 Å². The lowest BCUT2D eigenvalue weighted by Crippen LogP contribution is -2.33. The molecule has 0 bridgehead atoms. The SMILES string of the molecule is CCNC(c1ccc(Br)cc1F)C1CCC(C)C(C)C1. The maximum absolute atomic E-state index is 14.3. The standard InChI is InChI=1S/C17H25BrFN/c1-4-20-17(13-6-5-11(2)12(3)9-13)15-8-7-14(18)10-16(15)19/h7-8,10-13,17,20H,4-6,9H2,1-3H3. The van der Waals surface area contributed by atoms with E-state index in [-0.39, 0.29) is 11.9 Å². The van der Waals surface area contributed by atoms with Gasteiger partial charge in [0.1, 0.15) is 5.82 Å². The van der Waals surface area contributed by atoms with Crippen molar-refractivity contribution in [2.24, 2.45) is 17.8 Å². The summed E-state index contributed by atoms with van der Waals surface area (Å²) in [6, 6.07) is 5.59. The van der Waals surface area contributed by atoms with Crippen LogP contribution in [-0.4, -0.2) is 6.54 Å². The second kappa shape index (κ2) is 7.04. The van der Waals surface area contributed by atoms with E-state index in [2.05, 4.69) is 42.0 Å². The van der Waals surface area contributed by atoms with Gasteiger partial charge in [0.2, 0.25) is 0 Å². The molecule has 0 aromatic heterocycles. The molecule has 1 fully saturated rings. The Hall–Kier alpha value is -0.410. The van der Waals surface area contributed by atoms with Crippen LogP contribution in [0.5, 0.6) is 0 Å². The number of halogens is 2. The van der Waals surface area contributed by atoms with E-state index in [1.807, 2.05) is 12.1 Å². The number of nitrogens with one attached hydrogen (secondary N) is 1. The van der Waals surface area contributed by atoms with Crippen molar-refractivity contribution in [2.75, 3.05) is 6.54 Å². The molecule has 20 heavy (non-hydrogen) atoms. The second-order valence-electron chi connectivity index (χ2n) is 6.23. The van der Waals surface area contributed by atoms with Crippen molar-refractivity contribution in [3.05, 3.63) is 34.1 Å². The summed E-state index contributed by atoms with van der Waals surface area (Å²) in [6.45, 7) is 7.64. The number of benzene rings is 1. The van der Waals surface area contributed by atoms with Gasteiger partial charge in [0.05, 0.1) is 0 Å². The molecule has 1 aliphatic carbocycles. The zero-order chi connectivity index (χ0) is 14.7. The molecule has 0 spiro atoms. The van der Waals surface area contributed by atoms with Crippen LogP contribution in [0.1, 0.15) is 51.6 Å². The van der Waals surface area contributed by atoms with Gasteiger partial charge in [-0.2, -0.15) is 0 Å². The molecule has 0 saturated heterocycles. The summed E-state index contributed by atoms with van der Waals surface area (Å²) in [5, 5.41) is 3.51. The Morgan fingerprint density at radius 1 is 1.30 bits per heavy atom. The predicted molar refractivity (Wildman–Crippen MR) is 86.2 cm³/mol. The molecule has 0 radical (unpaired) electrons. The predicted octanol–water partition coefficient (Wildman–Crippen LogP) is 5.31. The van der Waals surface area contributed by atoms with Crippen molar-refractivity contribution in [1.29, 1.82) is 0 Å². The first-order valence-corrected chi connectivity index (χ1v) is 8.50. The van der Waals surface area contributed by atoms with Gasteiger partial charge >= 0.3 is 0 Å². The summed E-state index contributed by atoms with van der Waals surface area (Å²) in [5.41, 5.74) is 0.821. The molecule has 0 amide bonds. The van der Waals surface area contributed by atoms with Gasteiger partial charge in [-0.1, -0.05) is 49.2 Å². The number of hydrogen-bond acceptors (Lipinski definition) is 1. The number of hydrogen-bond donors (Lipinski definition) is 1. The summed E-state index contributed by atoms with van der Waals surface area (Å²) in [7, 11) is 0. The minimum atomic E-state index is -0.100. The fourth-order valence-electron chi connectivity index (χ4n) is 3.40. The average molecular weight is 342 g/mol. The molecule has 2 rings (SSSR count). The molecule has 1 N–H and O–H groups in total. The minimum absolute atomic E-state index is 0.100. The van der Waals surface area contributed by atoms with Crippen LogP contribution >= 0.6 is 15.9 Å². The second-order valence-corrected chi connectivity index (χ2v) is 7.14. The molecule has 1 aromatic rings. The minimum Gasteiger partial charge on any atom is -0.310 e. The third-order valence-electron chi connectivity index (χ3n) is 4.83. The molecule has 112 valence electrons. The van der Waals surface area contributed by atoms with Gasteiger partial charge in [0, 0.05) is 16.1 Å². The molecule has 1 saturated carbocycles. The van der Waals surface area contributed by atoms with Crippen LogP contribution in [0.25, 0.3) is 0 Å². The quantitative estimate of drug-likeness (QED) is 0.782. The van der Waals surface area contributed by atoms with Crippen molar-refractivity contribution in [2.45, 2.75) is 46.1 Å². The molecule has 0 aliphatic heterocycles. The van der Waals surface area contributed by atoms with E-state index in [0.29, 0.717) is 5.92 Å². The first-order chi connectivity index (χ1) is 9.52. The van der Waals surface area contributed by atoms with Crippen LogP contribution in [0.15, 0.2) is 22.7 Å². The van der Waals surface area contributed by atoms with Gasteiger partial charge in [-0.25, -0.2) is 4.39 Å².